The molecular weight excluding hydrogens is 278 g/mol. The van der Waals surface area contributed by atoms with E-state index in [-0.39, 0.29) is 11.6 Å². The molecule has 0 aliphatic carbocycles. The SMILES string of the molecule is Nc1cnc2ccc(C(=O)Nc3nccs3)cn2c1=O. The van der Waals surface area contributed by atoms with Crippen molar-refractivity contribution in [3.8, 4) is 0 Å². The van der Waals surface area contributed by atoms with Crippen LogP contribution in [0.5, 0.6) is 0 Å². The van der Waals surface area contributed by atoms with Crippen molar-refractivity contribution in [2.75, 3.05) is 11.1 Å². The van der Waals surface area contributed by atoms with Gasteiger partial charge in [0.2, 0.25) is 0 Å². The van der Waals surface area contributed by atoms with E-state index in [0.29, 0.717) is 16.3 Å². The van der Waals surface area contributed by atoms with Crippen LogP contribution in [0.1, 0.15) is 10.4 Å². The molecule has 0 saturated carbocycles. The van der Waals surface area contributed by atoms with Gasteiger partial charge in [0, 0.05) is 17.8 Å². The van der Waals surface area contributed by atoms with Gasteiger partial charge < -0.3 is 5.73 Å². The maximum atomic E-state index is 12.0. The molecule has 0 atom stereocenters. The van der Waals surface area contributed by atoms with Crippen LogP contribution in [-0.4, -0.2) is 20.3 Å². The van der Waals surface area contributed by atoms with Crippen molar-refractivity contribution < 1.29 is 4.79 Å². The number of nitrogens with one attached hydrogen (secondary N) is 1. The summed E-state index contributed by atoms with van der Waals surface area (Å²) in [5, 5.41) is 4.89. The third-order valence-corrected chi connectivity index (χ3v) is 3.33. The van der Waals surface area contributed by atoms with E-state index in [1.165, 1.54) is 28.1 Å². The third kappa shape index (κ3) is 2.12. The molecule has 100 valence electrons. The van der Waals surface area contributed by atoms with Crippen LogP contribution in [0.2, 0.25) is 0 Å². The summed E-state index contributed by atoms with van der Waals surface area (Å²) in [6.07, 6.45) is 4.30. The number of anilines is 2. The number of thiazole rings is 1. The number of hydrogen-bond donors (Lipinski definition) is 2. The lowest BCUT2D eigenvalue weighted by atomic mass is 10.2. The van der Waals surface area contributed by atoms with E-state index >= 15 is 0 Å². The van der Waals surface area contributed by atoms with Crippen LogP contribution in [-0.2, 0) is 0 Å². The van der Waals surface area contributed by atoms with Gasteiger partial charge in [-0.25, -0.2) is 9.97 Å². The predicted molar refractivity (Wildman–Crippen MR) is 75.9 cm³/mol. The number of nitrogens with two attached hydrogens (primary N) is 1. The molecule has 0 bridgehead atoms. The first kappa shape index (κ1) is 12.3. The molecule has 3 rings (SSSR count). The fourth-order valence-electron chi connectivity index (χ4n) is 1.68. The largest absolute Gasteiger partial charge is 0.393 e. The van der Waals surface area contributed by atoms with E-state index in [4.69, 9.17) is 5.73 Å². The Morgan fingerprint density at radius 1 is 1.35 bits per heavy atom. The Kier molecular flexibility index (Phi) is 2.92. The minimum atomic E-state index is -0.404. The zero-order valence-corrected chi connectivity index (χ0v) is 10.9. The summed E-state index contributed by atoms with van der Waals surface area (Å²) < 4.78 is 1.24. The second kappa shape index (κ2) is 4.74. The fourth-order valence-corrected chi connectivity index (χ4v) is 2.20. The highest BCUT2D eigenvalue weighted by molar-refractivity contribution is 7.13. The maximum absolute atomic E-state index is 12.0. The van der Waals surface area contributed by atoms with Gasteiger partial charge >= 0.3 is 0 Å². The second-order valence-electron chi connectivity index (χ2n) is 3.96. The summed E-state index contributed by atoms with van der Waals surface area (Å²) in [6.45, 7) is 0. The highest BCUT2D eigenvalue weighted by Crippen LogP contribution is 2.12. The molecule has 3 heterocycles. The summed E-state index contributed by atoms with van der Waals surface area (Å²) in [4.78, 5) is 31.9. The van der Waals surface area contributed by atoms with Crippen LogP contribution in [0.4, 0.5) is 10.8 Å². The standard InChI is InChI=1S/C12H9N5O2S/c13-8-5-15-9-2-1-7(6-17(9)11(8)19)10(18)16-12-14-3-4-20-12/h1-6H,13H2,(H,14,16,18). The topological polar surface area (TPSA) is 102 Å². The number of hydrogen-bond acceptors (Lipinski definition) is 6. The quantitative estimate of drug-likeness (QED) is 0.731. The normalized spacial score (nSPS) is 10.6. The Morgan fingerprint density at radius 2 is 2.20 bits per heavy atom. The van der Waals surface area contributed by atoms with Crippen LogP contribution in [0.3, 0.4) is 0 Å². The first-order chi connectivity index (χ1) is 9.65. The van der Waals surface area contributed by atoms with Gasteiger partial charge in [-0.15, -0.1) is 11.3 Å². The van der Waals surface area contributed by atoms with E-state index in [2.05, 4.69) is 15.3 Å². The number of nitrogen functional groups attached to an aromatic ring is 1. The smallest absolute Gasteiger partial charge is 0.281 e. The van der Waals surface area contributed by atoms with Crippen molar-refractivity contribution in [1.82, 2.24) is 14.4 Å². The number of nitrogens with zero attached hydrogens (tertiary/aromatic N) is 3. The second-order valence-corrected chi connectivity index (χ2v) is 4.85. The van der Waals surface area contributed by atoms with Gasteiger partial charge in [-0.1, -0.05) is 0 Å². The third-order valence-electron chi connectivity index (χ3n) is 2.64. The molecule has 0 saturated heterocycles. The molecule has 7 nitrogen and oxygen atoms in total. The van der Waals surface area contributed by atoms with Crippen LogP contribution < -0.4 is 16.6 Å². The predicted octanol–water partition coefficient (Wildman–Crippen LogP) is 0.986. The van der Waals surface area contributed by atoms with E-state index in [9.17, 15) is 9.59 Å². The highest BCUT2D eigenvalue weighted by atomic mass is 32.1. The Labute approximate surface area is 116 Å². The summed E-state index contributed by atoms with van der Waals surface area (Å²) in [5.41, 5.74) is 5.89. The number of pyridine rings is 1. The van der Waals surface area contributed by atoms with Gasteiger partial charge in [-0.05, 0) is 12.1 Å². The maximum Gasteiger partial charge on any atom is 0.281 e. The zero-order chi connectivity index (χ0) is 14.1. The molecule has 1 amide bonds. The van der Waals surface area contributed by atoms with Gasteiger partial charge in [-0.2, -0.15) is 0 Å². The number of aromatic nitrogens is 3. The molecule has 0 aromatic carbocycles. The summed E-state index contributed by atoms with van der Waals surface area (Å²) in [7, 11) is 0. The van der Waals surface area contributed by atoms with Crippen LogP contribution in [0.15, 0.2) is 40.9 Å². The summed E-state index contributed by atoms with van der Waals surface area (Å²) >= 11 is 1.31. The van der Waals surface area contributed by atoms with E-state index < -0.39 is 5.56 Å². The molecule has 0 aliphatic heterocycles. The van der Waals surface area contributed by atoms with Crippen molar-refractivity contribution in [2.24, 2.45) is 0 Å². The fraction of sp³-hybridized carbons (Fsp3) is 0. The van der Waals surface area contributed by atoms with Crippen molar-refractivity contribution in [3.05, 3.63) is 52.0 Å². The van der Waals surface area contributed by atoms with Crippen LogP contribution >= 0.6 is 11.3 Å². The van der Waals surface area contributed by atoms with Gasteiger partial charge in [0.25, 0.3) is 11.5 Å². The van der Waals surface area contributed by atoms with E-state index in [1.807, 2.05) is 0 Å². The lowest BCUT2D eigenvalue weighted by Crippen LogP contribution is -2.20. The Balaban J connectivity index is 2.02. The van der Waals surface area contributed by atoms with Crippen molar-refractivity contribution in [3.63, 3.8) is 0 Å². The van der Waals surface area contributed by atoms with Gasteiger partial charge in [0.1, 0.15) is 11.3 Å². The molecule has 0 unspecified atom stereocenters. The first-order valence-electron chi connectivity index (χ1n) is 5.63. The minimum Gasteiger partial charge on any atom is -0.393 e. The molecule has 0 radical (unpaired) electrons. The summed E-state index contributed by atoms with van der Waals surface area (Å²) in [5.74, 6) is -0.351. The van der Waals surface area contributed by atoms with Crippen LogP contribution in [0, 0.1) is 0 Å². The molecule has 0 fully saturated rings. The number of rotatable bonds is 2. The number of amides is 1. The molecule has 8 heteroatoms. The van der Waals surface area contributed by atoms with Crippen molar-refractivity contribution in [1.29, 1.82) is 0 Å². The molecular formula is C12H9N5O2S. The average Bonchev–Trinajstić information content (AvgIpc) is 2.95. The van der Waals surface area contributed by atoms with Gasteiger partial charge in [0.15, 0.2) is 5.13 Å². The monoisotopic (exact) mass is 287 g/mol. The highest BCUT2D eigenvalue weighted by Gasteiger charge is 2.10. The molecule has 3 N–H and O–H groups in total. The number of carbonyl (C=O) groups excluding carboxylic acids is 1. The molecule has 3 aromatic heterocycles. The number of carbonyl (C=O) groups is 1. The van der Waals surface area contributed by atoms with Gasteiger partial charge in [0.05, 0.1) is 11.8 Å². The Hall–Kier alpha value is -2.74. The van der Waals surface area contributed by atoms with Crippen molar-refractivity contribution >= 4 is 33.7 Å². The Morgan fingerprint density at radius 3 is 2.95 bits per heavy atom. The molecule has 0 aliphatic rings. The number of fused-ring (bicyclic) bond motifs is 1. The summed E-state index contributed by atoms with van der Waals surface area (Å²) in [6, 6.07) is 3.17. The Bertz CT molecular complexity index is 841. The minimum absolute atomic E-state index is 0.0278. The van der Waals surface area contributed by atoms with Crippen molar-refractivity contribution in [2.45, 2.75) is 0 Å². The lowest BCUT2D eigenvalue weighted by Gasteiger charge is -2.05. The van der Waals surface area contributed by atoms with Crippen LogP contribution in [0.25, 0.3) is 5.65 Å². The van der Waals surface area contributed by atoms with Gasteiger partial charge in [-0.3, -0.25) is 19.3 Å². The molecule has 0 spiro atoms. The lowest BCUT2D eigenvalue weighted by molar-refractivity contribution is 0.102. The molecule has 3 aromatic rings. The zero-order valence-electron chi connectivity index (χ0n) is 10.1. The van der Waals surface area contributed by atoms with E-state index in [1.54, 1.807) is 23.7 Å². The molecule has 20 heavy (non-hydrogen) atoms. The van der Waals surface area contributed by atoms with E-state index in [0.717, 1.165) is 0 Å². The first-order valence-corrected chi connectivity index (χ1v) is 6.51. The average molecular weight is 287 g/mol.